The third kappa shape index (κ3) is 5.64. The van der Waals surface area contributed by atoms with Gasteiger partial charge in [-0.15, -0.1) is 11.3 Å². The number of benzene rings is 1. The van der Waals surface area contributed by atoms with Crippen molar-refractivity contribution in [1.29, 1.82) is 0 Å². The number of nitrogens with zero attached hydrogens (tertiary/aromatic N) is 2. The average molecular weight is 473 g/mol. The average Bonchev–Trinajstić information content (AvgIpc) is 3.36. The maximum absolute atomic E-state index is 12.5. The van der Waals surface area contributed by atoms with Crippen LogP contribution < -0.4 is 14.9 Å². The topological polar surface area (TPSA) is 101 Å². The van der Waals surface area contributed by atoms with E-state index in [1.165, 1.54) is 0 Å². The van der Waals surface area contributed by atoms with Crippen LogP contribution in [0.4, 0.5) is 11.5 Å². The van der Waals surface area contributed by atoms with E-state index >= 15 is 0 Å². The molecule has 2 N–H and O–H groups in total. The summed E-state index contributed by atoms with van der Waals surface area (Å²) in [6.07, 6.45) is 1.95. The molecule has 2 aromatic heterocycles. The molecule has 32 heavy (non-hydrogen) atoms. The zero-order valence-electron chi connectivity index (χ0n) is 17.4. The molecule has 1 aliphatic rings. The number of carbonyl (C=O) groups is 1. The molecule has 168 valence electrons. The first-order valence-corrected chi connectivity index (χ1v) is 12.6. The van der Waals surface area contributed by atoms with Gasteiger partial charge in [0.25, 0.3) is 10.0 Å². The third-order valence-electron chi connectivity index (χ3n) is 4.98. The molecule has 1 amide bonds. The van der Waals surface area contributed by atoms with Crippen molar-refractivity contribution < 1.29 is 17.9 Å². The minimum Gasteiger partial charge on any atom is -0.378 e. The van der Waals surface area contributed by atoms with E-state index in [0.717, 1.165) is 41.4 Å². The van der Waals surface area contributed by atoms with Crippen molar-refractivity contribution in [2.45, 2.75) is 17.2 Å². The number of rotatable bonds is 8. The van der Waals surface area contributed by atoms with Gasteiger partial charge in [0.2, 0.25) is 5.91 Å². The summed E-state index contributed by atoms with van der Waals surface area (Å²) in [5.41, 5.74) is 2.20. The van der Waals surface area contributed by atoms with Gasteiger partial charge in [-0.05, 0) is 35.2 Å². The molecule has 1 aromatic carbocycles. The van der Waals surface area contributed by atoms with Gasteiger partial charge in [0.1, 0.15) is 10.0 Å². The third-order valence-corrected chi connectivity index (χ3v) is 7.76. The summed E-state index contributed by atoms with van der Waals surface area (Å²) < 4.78 is 32.8. The summed E-state index contributed by atoms with van der Waals surface area (Å²) in [6.45, 7) is 3.28. The SMILES string of the molecule is O=C(Cc1ccc(NS(=O)(=O)c2cccs2)cc1)NCc1cccnc1N1CCOCC1. The quantitative estimate of drug-likeness (QED) is 0.523. The van der Waals surface area contributed by atoms with E-state index in [4.69, 9.17) is 4.74 Å². The zero-order valence-corrected chi connectivity index (χ0v) is 19.0. The molecule has 1 saturated heterocycles. The molecule has 3 heterocycles. The van der Waals surface area contributed by atoms with Crippen LogP contribution in [0.5, 0.6) is 0 Å². The number of pyridine rings is 1. The van der Waals surface area contributed by atoms with Crippen LogP contribution in [0.1, 0.15) is 11.1 Å². The van der Waals surface area contributed by atoms with E-state index in [-0.39, 0.29) is 16.5 Å². The van der Waals surface area contributed by atoms with Gasteiger partial charge in [0.05, 0.1) is 19.6 Å². The summed E-state index contributed by atoms with van der Waals surface area (Å²) in [7, 11) is -3.59. The summed E-state index contributed by atoms with van der Waals surface area (Å²) in [6, 6.07) is 13.9. The molecule has 0 radical (unpaired) electrons. The van der Waals surface area contributed by atoms with Gasteiger partial charge in [-0.3, -0.25) is 9.52 Å². The highest BCUT2D eigenvalue weighted by atomic mass is 32.2. The Balaban J connectivity index is 1.32. The molecular formula is C22H24N4O4S2. The predicted molar refractivity (Wildman–Crippen MR) is 124 cm³/mol. The lowest BCUT2D eigenvalue weighted by molar-refractivity contribution is -0.120. The van der Waals surface area contributed by atoms with Gasteiger partial charge in [-0.25, -0.2) is 13.4 Å². The van der Waals surface area contributed by atoms with Crippen molar-refractivity contribution in [3.8, 4) is 0 Å². The van der Waals surface area contributed by atoms with Gasteiger partial charge in [-0.2, -0.15) is 0 Å². The molecule has 3 aromatic rings. The number of hydrogen-bond donors (Lipinski definition) is 2. The van der Waals surface area contributed by atoms with Gasteiger partial charge >= 0.3 is 0 Å². The molecule has 10 heteroatoms. The monoisotopic (exact) mass is 472 g/mol. The van der Waals surface area contributed by atoms with E-state index in [1.54, 1.807) is 48.0 Å². The van der Waals surface area contributed by atoms with Crippen LogP contribution in [0.25, 0.3) is 0 Å². The lowest BCUT2D eigenvalue weighted by Crippen LogP contribution is -2.38. The highest BCUT2D eigenvalue weighted by molar-refractivity contribution is 7.94. The van der Waals surface area contributed by atoms with E-state index in [9.17, 15) is 13.2 Å². The van der Waals surface area contributed by atoms with E-state index in [1.807, 2.05) is 12.1 Å². The standard InChI is InChI=1S/C22H24N4O4S2/c27-20(24-16-18-3-1-9-23-22(18)26-10-12-30-13-11-26)15-17-5-7-19(8-6-17)25-32(28,29)21-4-2-14-31-21/h1-9,14,25H,10-13,15-16H2,(H,24,27). The number of nitrogens with one attached hydrogen (secondary N) is 2. The molecule has 1 aliphatic heterocycles. The van der Waals surface area contributed by atoms with Gasteiger partial charge in [0.15, 0.2) is 0 Å². The number of morpholine rings is 1. The fraction of sp³-hybridized carbons (Fsp3) is 0.273. The number of hydrogen-bond acceptors (Lipinski definition) is 7. The molecule has 0 spiro atoms. The first kappa shape index (κ1) is 22.3. The van der Waals surface area contributed by atoms with Crippen molar-refractivity contribution in [1.82, 2.24) is 10.3 Å². The Hall–Kier alpha value is -2.95. The summed E-state index contributed by atoms with van der Waals surface area (Å²) in [4.78, 5) is 19.1. The molecule has 0 saturated carbocycles. The van der Waals surface area contributed by atoms with Crippen molar-refractivity contribution in [3.05, 3.63) is 71.2 Å². The Morgan fingerprint density at radius 1 is 1.09 bits per heavy atom. The highest BCUT2D eigenvalue weighted by Gasteiger charge is 2.17. The lowest BCUT2D eigenvalue weighted by Gasteiger charge is -2.29. The summed E-state index contributed by atoms with van der Waals surface area (Å²) >= 11 is 1.16. The number of carbonyl (C=O) groups excluding carboxylic acids is 1. The molecular weight excluding hydrogens is 448 g/mol. The molecule has 4 rings (SSSR count). The Kier molecular flexibility index (Phi) is 7.03. The lowest BCUT2D eigenvalue weighted by atomic mass is 10.1. The number of aromatic nitrogens is 1. The van der Waals surface area contributed by atoms with Crippen LogP contribution in [0.2, 0.25) is 0 Å². The first-order valence-electron chi connectivity index (χ1n) is 10.2. The second kappa shape index (κ2) is 10.1. The highest BCUT2D eigenvalue weighted by Crippen LogP contribution is 2.21. The first-order chi connectivity index (χ1) is 15.5. The van der Waals surface area contributed by atoms with Gasteiger partial charge < -0.3 is 15.0 Å². The number of amides is 1. The van der Waals surface area contributed by atoms with Crippen molar-refractivity contribution in [2.24, 2.45) is 0 Å². The second-order valence-electron chi connectivity index (χ2n) is 7.27. The Bertz CT molecular complexity index is 1140. The Morgan fingerprint density at radius 3 is 2.59 bits per heavy atom. The maximum Gasteiger partial charge on any atom is 0.271 e. The molecule has 0 atom stereocenters. The van der Waals surface area contributed by atoms with Crippen LogP contribution in [-0.2, 0) is 32.5 Å². The smallest absolute Gasteiger partial charge is 0.271 e. The van der Waals surface area contributed by atoms with Crippen molar-refractivity contribution >= 4 is 38.8 Å². The minimum atomic E-state index is -3.59. The van der Waals surface area contributed by atoms with Crippen molar-refractivity contribution in [2.75, 3.05) is 35.9 Å². The Morgan fingerprint density at radius 2 is 1.88 bits per heavy atom. The molecule has 0 unspecified atom stereocenters. The number of thiophene rings is 1. The summed E-state index contributed by atoms with van der Waals surface area (Å²) in [5, 5.41) is 4.67. The van der Waals surface area contributed by atoms with Crippen LogP contribution in [0.3, 0.4) is 0 Å². The fourth-order valence-electron chi connectivity index (χ4n) is 3.38. The van der Waals surface area contributed by atoms with Gasteiger partial charge in [0, 0.05) is 37.1 Å². The van der Waals surface area contributed by atoms with Crippen LogP contribution in [-0.4, -0.2) is 45.6 Å². The van der Waals surface area contributed by atoms with E-state index in [2.05, 4.69) is 19.9 Å². The normalized spacial score (nSPS) is 14.2. The number of sulfonamides is 1. The number of ether oxygens (including phenoxy) is 1. The largest absolute Gasteiger partial charge is 0.378 e. The van der Waals surface area contributed by atoms with Gasteiger partial charge in [-0.1, -0.05) is 24.3 Å². The summed E-state index contributed by atoms with van der Waals surface area (Å²) in [5.74, 6) is 0.757. The van der Waals surface area contributed by atoms with E-state index in [0.29, 0.717) is 25.4 Å². The second-order valence-corrected chi connectivity index (χ2v) is 10.1. The van der Waals surface area contributed by atoms with E-state index < -0.39 is 10.0 Å². The molecule has 0 bridgehead atoms. The van der Waals surface area contributed by atoms with Crippen molar-refractivity contribution in [3.63, 3.8) is 0 Å². The Labute approximate surface area is 191 Å². The molecule has 0 aliphatic carbocycles. The zero-order chi connectivity index (χ0) is 22.4. The molecule has 1 fully saturated rings. The maximum atomic E-state index is 12.5. The molecule has 8 nitrogen and oxygen atoms in total. The van der Waals surface area contributed by atoms with Crippen LogP contribution in [0, 0.1) is 0 Å². The van der Waals surface area contributed by atoms with Crippen LogP contribution in [0.15, 0.2) is 64.3 Å². The minimum absolute atomic E-state index is 0.117. The predicted octanol–water partition coefficient (Wildman–Crippen LogP) is 2.64. The number of anilines is 2. The van der Waals surface area contributed by atoms with Crippen LogP contribution >= 0.6 is 11.3 Å². The fourth-order valence-corrected chi connectivity index (χ4v) is 5.43.